The number of nitrogens with two attached hydrogens (primary N) is 2. The lowest BCUT2D eigenvalue weighted by molar-refractivity contribution is -0.125. The van der Waals surface area contributed by atoms with Crippen LogP contribution < -0.4 is 17.0 Å². The Bertz CT molecular complexity index is 1640. The molecule has 0 saturated carbocycles. The van der Waals surface area contributed by atoms with Crippen LogP contribution in [-0.2, 0) is 35.4 Å². The van der Waals surface area contributed by atoms with Crippen molar-refractivity contribution in [1.29, 1.82) is 0 Å². The Morgan fingerprint density at radius 3 is 2.43 bits per heavy atom. The van der Waals surface area contributed by atoms with Crippen molar-refractivity contribution in [2.45, 2.75) is 97.9 Å². The molecule has 0 saturated heterocycles. The second-order valence-electron chi connectivity index (χ2n) is 11.5. The summed E-state index contributed by atoms with van der Waals surface area (Å²) in [5.74, 6) is -0.240. The number of aryl methyl sites for hydroxylation is 3. The van der Waals surface area contributed by atoms with E-state index in [2.05, 4.69) is 32.6 Å². The SMILES string of the molecule is C=C1CCc2c(cc3n(c2=O)Cc2c-3nc3cc(C)c(C)c4c3c2CCC4)C1N.CC.CC(C)SCC(=O)CC(N)=O. The molecule has 3 aliphatic rings. The van der Waals surface area contributed by atoms with Gasteiger partial charge in [0.2, 0.25) is 5.91 Å². The van der Waals surface area contributed by atoms with Crippen LogP contribution >= 0.6 is 11.8 Å². The quantitative estimate of drug-likeness (QED) is 0.230. The second-order valence-corrected chi connectivity index (χ2v) is 13.1. The lowest BCUT2D eigenvalue weighted by Gasteiger charge is -2.25. The third-order valence-corrected chi connectivity index (χ3v) is 9.56. The molecule has 0 radical (unpaired) electrons. The third kappa shape index (κ3) is 5.97. The van der Waals surface area contributed by atoms with Crippen molar-refractivity contribution in [2.24, 2.45) is 11.5 Å². The number of amides is 1. The molecule has 0 bridgehead atoms. The molecule has 1 atom stereocenters. The summed E-state index contributed by atoms with van der Waals surface area (Å²) in [6.07, 6.45) is 4.76. The smallest absolute Gasteiger partial charge is 0.254 e. The van der Waals surface area contributed by atoms with Gasteiger partial charge in [0.15, 0.2) is 5.78 Å². The zero-order valence-corrected chi connectivity index (χ0v) is 26.7. The van der Waals surface area contributed by atoms with Crippen molar-refractivity contribution in [1.82, 2.24) is 9.55 Å². The van der Waals surface area contributed by atoms with Gasteiger partial charge >= 0.3 is 0 Å². The molecule has 7 nitrogen and oxygen atoms in total. The van der Waals surface area contributed by atoms with Crippen LogP contribution in [0.15, 0.2) is 29.1 Å². The maximum atomic E-state index is 13.4. The van der Waals surface area contributed by atoms with Gasteiger partial charge in [0, 0.05) is 16.5 Å². The van der Waals surface area contributed by atoms with Crippen LogP contribution in [0, 0.1) is 13.8 Å². The largest absolute Gasteiger partial charge is 0.369 e. The number of ketones is 1. The average Bonchev–Trinajstić information content (AvgIpc) is 3.33. The molecule has 6 rings (SSSR count). The molecule has 2 aliphatic carbocycles. The predicted octanol–water partition coefficient (Wildman–Crippen LogP) is 5.63. The number of benzene rings is 1. The van der Waals surface area contributed by atoms with Crippen LogP contribution in [0.2, 0.25) is 0 Å². The number of aromatic nitrogens is 2. The van der Waals surface area contributed by atoms with Gasteiger partial charge in [-0.2, -0.15) is 11.8 Å². The van der Waals surface area contributed by atoms with Gasteiger partial charge in [-0.25, -0.2) is 4.98 Å². The Labute approximate surface area is 253 Å². The summed E-state index contributed by atoms with van der Waals surface area (Å²) in [5, 5.41) is 1.76. The van der Waals surface area contributed by atoms with Crippen molar-refractivity contribution in [3.63, 3.8) is 0 Å². The molecule has 4 N–H and O–H groups in total. The van der Waals surface area contributed by atoms with Gasteiger partial charge in [0.1, 0.15) is 0 Å². The third-order valence-electron chi connectivity index (χ3n) is 8.41. The standard InChI is InChI=1S/C25H25N3O.C7H13NO2S.C2H6/c1-12-7-8-17-18(23(12)26)10-21-24-19(11-28(21)25(17)29)16-6-4-5-15-14(3)13(2)9-20(27-24)22(15)16;1-5(2)11-4-6(9)3-7(8)10;1-2/h9-10,23H,1,4-8,11,26H2,2-3H3;5H,3-4H2,1-2H3,(H2,8,10);1-2H3. The van der Waals surface area contributed by atoms with E-state index in [1.165, 1.54) is 45.0 Å². The van der Waals surface area contributed by atoms with Crippen molar-refractivity contribution < 1.29 is 9.59 Å². The highest BCUT2D eigenvalue weighted by molar-refractivity contribution is 8.00. The number of carbonyl (C=O) groups excluding carboxylic acids is 2. The first-order valence-corrected chi connectivity index (χ1v) is 16.1. The zero-order valence-electron chi connectivity index (χ0n) is 25.9. The van der Waals surface area contributed by atoms with Gasteiger partial charge < -0.3 is 16.0 Å². The van der Waals surface area contributed by atoms with Gasteiger partial charge in [0.25, 0.3) is 5.56 Å². The van der Waals surface area contributed by atoms with E-state index in [4.69, 9.17) is 16.5 Å². The van der Waals surface area contributed by atoms with E-state index >= 15 is 0 Å². The van der Waals surface area contributed by atoms with Gasteiger partial charge in [-0.1, -0.05) is 39.8 Å². The minimum Gasteiger partial charge on any atom is -0.369 e. The molecule has 3 aromatic rings. The van der Waals surface area contributed by atoms with E-state index in [1.54, 1.807) is 0 Å². The minimum atomic E-state index is -0.542. The molecular weight excluding hydrogens is 544 g/mol. The summed E-state index contributed by atoms with van der Waals surface area (Å²) in [4.78, 5) is 39.6. The van der Waals surface area contributed by atoms with Crippen LogP contribution in [0.3, 0.4) is 0 Å². The number of nitrogens with zero attached hydrogens (tertiary/aromatic N) is 2. The molecule has 1 amide bonds. The summed E-state index contributed by atoms with van der Waals surface area (Å²) in [5.41, 5.74) is 24.0. The minimum absolute atomic E-state index is 0.0869. The highest BCUT2D eigenvalue weighted by Gasteiger charge is 2.32. The Balaban J connectivity index is 0.000000267. The average molecular weight is 589 g/mol. The lowest BCUT2D eigenvalue weighted by atomic mass is 9.83. The molecule has 1 aromatic carbocycles. The van der Waals surface area contributed by atoms with Crippen LogP contribution in [0.25, 0.3) is 22.3 Å². The van der Waals surface area contributed by atoms with E-state index in [0.29, 0.717) is 17.5 Å². The second kappa shape index (κ2) is 13.0. The van der Waals surface area contributed by atoms with Gasteiger partial charge in [0.05, 0.1) is 41.7 Å². The Morgan fingerprint density at radius 2 is 1.76 bits per heavy atom. The van der Waals surface area contributed by atoms with E-state index in [1.807, 2.05) is 32.3 Å². The number of primary amides is 1. The summed E-state index contributed by atoms with van der Waals surface area (Å²) in [6, 6.07) is 4.08. The van der Waals surface area contributed by atoms with E-state index in [0.717, 1.165) is 65.7 Å². The first-order chi connectivity index (χ1) is 20.0. The van der Waals surface area contributed by atoms with Gasteiger partial charge in [-0.3, -0.25) is 14.4 Å². The van der Waals surface area contributed by atoms with Crippen LogP contribution in [0.1, 0.15) is 91.9 Å². The Morgan fingerprint density at radius 1 is 1.07 bits per heavy atom. The fourth-order valence-corrected chi connectivity index (χ4v) is 6.82. The first kappa shape index (κ1) is 31.7. The Hall–Kier alpha value is -3.23. The lowest BCUT2D eigenvalue weighted by Crippen LogP contribution is -2.30. The molecule has 2 aromatic heterocycles. The zero-order chi connectivity index (χ0) is 30.9. The predicted molar refractivity (Wildman–Crippen MR) is 174 cm³/mol. The van der Waals surface area contributed by atoms with E-state index in [-0.39, 0.29) is 23.8 Å². The number of Topliss-reactive ketones (excluding diaryl/α,β-unsaturated/α-hetero) is 1. The maximum absolute atomic E-state index is 13.4. The number of carbonyl (C=O) groups is 2. The molecule has 224 valence electrons. The van der Waals surface area contributed by atoms with Crippen molar-refractivity contribution in [3.05, 3.63) is 73.6 Å². The van der Waals surface area contributed by atoms with Crippen molar-refractivity contribution in [3.8, 4) is 11.4 Å². The van der Waals surface area contributed by atoms with Crippen LogP contribution in [0.5, 0.6) is 0 Å². The van der Waals surface area contributed by atoms with Crippen molar-refractivity contribution >= 4 is 34.4 Å². The van der Waals surface area contributed by atoms with Gasteiger partial charge in [-0.05, 0) is 91.2 Å². The summed E-state index contributed by atoms with van der Waals surface area (Å²) in [7, 11) is 0. The normalized spacial score (nSPS) is 16.1. The van der Waals surface area contributed by atoms with E-state index < -0.39 is 5.91 Å². The molecule has 1 unspecified atom stereocenters. The summed E-state index contributed by atoms with van der Waals surface area (Å²) >= 11 is 1.52. The fourth-order valence-electron chi connectivity index (χ4n) is 6.20. The number of hydrogen-bond acceptors (Lipinski definition) is 6. The highest BCUT2D eigenvalue weighted by Crippen LogP contribution is 2.42. The summed E-state index contributed by atoms with van der Waals surface area (Å²) < 4.78 is 1.93. The summed E-state index contributed by atoms with van der Waals surface area (Å²) in [6.45, 7) is 17.2. The van der Waals surface area contributed by atoms with E-state index in [9.17, 15) is 14.4 Å². The molecule has 8 heteroatoms. The first-order valence-electron chi connectivity index (χ1n) is 15.0. The number of thioether (sulfide) groups is 1. The monoisotopic (exact) mass is 588 g/mol. The molecule has 3 heterocycles. The fraction of sp³-hybridized carbons (Fsp3) is 0.471. The maximum Gasteiger partial charge on any atom is 0.254 e. The van der Waals surface area contributed by atoms with Gasteiger partial charge in [-0.15, -0.1) is 0 Å². The molecule has 0 fully saturated rings. The molecular formula is C34H44N4O3S. The number of fused-ring (bicyclic) bond motifs is 5. The number of hydrogen-bond donors (Lipinski definition) is 2. The highest BCUT2D eigenvalue weighted by atomic mass is 32.2. The van der Waals surface area contributed by atoms with Crippen LogP contribution in [0.4, 0.5) is 0 Å². The molecule has 42 heavy (non-hydrogen) atoms. The molecule has 0 spiro atoms. The van der Waals surface area contributed by atoms with Crippen molar-refractivity contribution in [2.75, 3.05) is 5.75 Å². The molecule has 1 aliphatic heterocycles. The number of pyridine rings is 2. The Kier molecular flexibility index (Phi) is 9.78. The topological polar surface area (TPSA) is 121 Å². The number of rotatable bonds is 5. The van der Waals surface area contributed by atoms with Crippen LogP contribution in [-0.4, -0.2) is 32.2 Å².